The molecule has 0 unspecified atom stereocenters. The van der Waals surface area contributed by atoms with Crippen molar-refractivity contribution in [2.24, 2.45) is 5.73 Å². The van der Waals surface area contributed by atoms with E-state index < -0.39 is 0 Å². The van der Waals surface area contributed by atoms with Crippen molar-refractivity contribution in [3.8, 4) is 0 Å². The van der Waals surface area contributed by atoms with Gasteiger partial charge in [-0.2, -0.15) is 0 Å². The van der Waals surface area contributed by atoms with Gasteiger partial charge in [0.25, 0.3) is 0 Å². The minimum atomic E-state index is 0.239. The summed E-state index contributed by atoms with van der Waals surface area (Å²) in [6, 6.07) is 18.7. The van der Waals surface area contributed by atoms with E-state index in [4.69, 9.17) is 17.3 Å². The van der Waals surface area contributed by atoms with Crippen LogP contribution in [-0.4, -0.2) is 21.0 Å². The van der Waals surface area contributed by atoms with E-state index in [1.54, 1.807) is 0 Å². The molecule has 0 amide bonds. The van der Waals surface area contributed by atoms with Gasteiger partial charge in [0.1, 0.15) is 0 Å². The molecule has 0 heterocycles. The summed E-state index contributed by atoms with van der Waals surface area (Å²) in [7, 11) is 0. The molecule has 0 bridgehead atoms. The van der Waals surface area contributed by atoms with Gasteiger partial charge in [0.15, 0.2) is 0 Å². The fraction of sp³-hybridized carbons (Fsp3) is 0.200. The minimum absolute atomic E-state index is 0.239. The fourth-order valence-electron chi connectivity index (χ4n) is 1.71. The van der Waals surface area contributed by atoms with Crippen LogP contribution in [0.3, 0.4) is 0 Å². The van der Waals surface area contributed by atoms with E-state index in [1.807, 2.05) is 18.2 Å². The predicted molar refractivity (Wildman–Crippen MR) is 79.8 cm³/mol. The van der Waals surface area contributed by atoms with Crippen LogP contribution in [0.2, 0.25) is 10.3 Å². The van der Waals surface area contributed by atoms with Crippen LogP contribution in [0.25, 0.3) is 0 Å². The fourth-order valence-corrected chi connectivity index (χ4v) is 3.63. The summed E-state index contributed by atoms with van der Waals surface area (Å²) in [5, 5.41) is 1.85. The van der Waals surface area contributed by atoms with Gasteiger partial charge in [0.2, 0.25) is 0 Å². The first kappa shape index (κ1) is 13.6. The summed E-state index contributed by atoms with van der Waals surface area (Å²) >= 11 is 6.29. The number of halogens is 1. The first-order valence-electron chi connectivity index (χ1n) is 5.92. The standard InChI is InChI=1S/C15H16ClNSe/c16-13-6-8-15(9-7-13)18-11-14(17)10-12-4-2-1-3-5-12/h1-9,14H,10-11,17H2/t14-/m0/s1. The summed E-state index contributed by atoms with van der Waals surface area (Å²) in [5.41, 5.74) is 7.49. The zero-order valence-electron chi connectivity index (χ0n) is 10.1. The average Bonchev–Trinajstić information content (AvgIpc) is 2.39. The van der Waals surface area contributed by atoms with E-state index in [-0.39, 0.29) is 6.04 Å². The van der Waals surface area contributed by atoms with E-state index >= 15 is 0 Å². The molecule has 94 valence electrons. The van der Waals surface area contributed by atoms with E-state index in [9.17, 15) is 0 Å². The molecule has 2 aromatic carbocycles. The molecule has 1 atom stereocenters. The third-order valence-electron chi connectivity index (χ3n) is 2.62. The zero-order valence-corrected chi connectivity index (χ0v) is 12.5. The van der Waals surface area contributed by atoms with Gasteiger partial charge in [-0.1, -0.05) is 0 Å². The Morgan fingerprint density at radius 3 is 2.33 bits per heavy atom. The number of rotatable bonds is 5. The van der Waals surface area contributed by atoms with Gasteiger partial charge in [0.05, 0.1) is 0 Å². The molecule has 0 aliphatic rings. The van der Waals surface area contributed by atoms with Crippen molar-refractivity contribution >= 4 is 31.0 Å². The number of nitrogens with two attached hydrogens (primary N) is 1. The third kappa shape index (κ3) is 4.47. The molecule has 2 aromatic rings. The Morgan fingerprint density at radius 2 is 1.67 bits per heavy atom. The molecular weight excluding hydrogens is 309 g/mol. The third-order valence-corrected chi connectivity index (χ3v) is 5.39. The van der Waals surface area contributed by atoms with Crippen LogP contribution < -0.4 is 10.2 Å². The Balaban J connectivity index is 1.81. The van der Waals surface area contributed by atoms with Crippen molar-refractivity contribution in [2.75, 3.05) is 0 Å². The maximum atomic E-state index is 6.17. The van der Waals surface area contributed by atoms with Gasteiger partial charge >= 0.3 is 120 Å². The van der Waals surface area contributed by atoms with Gasteiger partial charge in [-0.25, -0.2) is 0 Å². The molecule has 1 nitrogen and oxygen atoms in total. The van der Waals surface area contributed by atoms with Crippen molar-refractivity contribution in [1.82, 2.24) is 0 Å². The predicted octanol–water partition coefficient (Wildman–Crippen LogP) is 2.66. The Hall–Kier alpha value is -0.791. The van der Waals surface area contributed by atoms with Gasteiger partial charge in [-0.05, 0) is 0 Å². The molecule has 3 heteroatoms. The topological polar surface area (TPSA) is 26.0 Å². The molecule has 0 fully saturated rings. The second-order valence-electron chi connectivity index (χ2n) is 4.21. The van der Waals surface area contributed by atoms with Crippen LogP contribution in [-0.2, 0) is 6.42 Å². The molecular formula is C15H16ClNSe. The normalized spacial score (nSPS) is 12.3. The molecule has 0 saturated heterocycles. The molecule has 2 rings (SSSR count). The van der Waals surface area contributed by atoms with Crippen LogP contribution in [0, 0.1) is 0 Å². The second kappa shape index (κ2) is 6.96. The van der Waals surface area contributed by atoms with Crippen LogP contribution in [0.5, 0.6) is 0 Å². The van der Waals surface area contributed by atoms with Gasteiger partial charge in [-0.3, -0.25) is 0 Å². The Kier molecular flexibility index (Phi) is 5.27. The summed E-state index contributed by atoms with van der Waals surface area (Å²) in [4.78, 5) is 0. The molecule has 0 spiro atoms. The van der Waals surface area contributed by atoms with Gasteiger partial charge in [-0.15, -0.1) is 0 Å². The molecule has 0 saturated carbocycles. The van der Waals surface area contributed by atoms with E-state index in [1.165, 1.54) is 10.0 Å². The monoisotopic (exact) mass is 325 g/mol. The quantitative estimate of drug-likeness (QED) is 0.841. The van der Waals surface area contributed by atoms with E-state index in [2.05, 4.69) is 36.4 Å². The van der Waals surface area contributed by atoms with Crippen molar-refractivity contribution in [3.63, 3.8) is 0 Å². The summed E-state index contributed by atoms with van der Waals surface area (Å²) in [5.74, 6) is 0. The average molecular weight is 325 g/mol. The van der Waals surface area contributed by atoms with Crippen molar-refractivity contribution in [3.05, 3.63) is 65.2 Å². The zero-order chi connectivity index (χ0) is 12.8. The number of benzene rings is 2. The molecule has 0 aliphatic heterocycles. The van der Waals surface area contributed by atoms with E-state index in [0.29, 0.717) is 15.0 Å². The van der Waals surface area contributed by atoms with Crippen molar-refractivity contribution < 1.29 is 0 Å². The van der Waals surface area contributed by atoms with Crippen LogP contribution in [0.15, 0.2) is 54.6 Å². The number of hydrogen-bond donors (Lipinski definition) is 1. The van der Waals surface area contributed by atoms with Crippen molar-refractivity contribution in [1.29, 1.82) is 0 Å². The summed E-state index contributed by atoms with van der Waals surface area (Å²) in [6.45, 7) is 0. The van der Waals surface area contributed by atoms with E-state index in [0.717, 1.165) is 16.8 Å². The Labute approximate surface area is 120 Å². The SMILES string of the molecule is N[C@H](C[Se]c1ccc(Cl)cc1)Cc1ccccc1. The van der Waals surface area contributed by atoms with Crippen LogP contribution in [0.4, 0.5) is 0 Å². The molecule has 2 N–H and O–H groups in total. The van der Waals surface area contributed by atoms with Gasteiger partial charge in [0, 0.05) is 0 Å². The maximum absolute atomic E-state index is 6.17. The second-order valence-corrected chi connectivity index (χ2v) is 6.95. The Bertz CT molecular complexity index is 470. The molecule has 0 aliphatic carbocycles. The molecule has 18 heavy (non-hydrogen) atoms. The van der Waals surface area contributed by atoms with Gasteiger partial charge < -0.3 is 0 Å². The first-order valence-corrected chi connectivity index (χ1v) is 8.36. The summed E-state index contributed by atoms with van der Waals surface area (Å²) < 4.78 is 1.36. The van der Waals surface area contributed by atoms with Crippen LogP contribution in [0.1, 0.15) is 5.56 Å². The number of hydrogen-bond acceptors (Lipinski definition) is 1. The Morgan fingerprint density at radius 1 is 1.00 bits per heavy atom. The molecule has 0 radical (unpaired) electrons. The molecule has 0 aromatic heterocycles. The van der Waals surface area contributed by atoms with Crippen LogP contribution >= 0.6 is 11.6 Å². The first-order chi connectivity index (χ1) is 8.74. The summed E-state index contributed by atoms with van der Waals surface area (Å²) in [6.07, 6.45) is 0.955. The van der Waals surface area contributed by atoms with Crippen molar-refractivity contribution in [2.45, 2.75) is 17.8 Å².